The number of likely N-dealkylation sites (tertiary alicyclic amines) is 2. The summed E-state index contributed by atoms with van der Waals surface area (Å²) in [7, 11) is 0. The van der Waals surface area contributed by atoms with E-state index in [1.807, 2.05) is 0 Å². The van der Waals surface area contributed by atoms with E-state index >= 15 is 0 Å². The molecule has 2 heterocycles. The summed E-state index contributed by atoms with van der Waals surface area (Å²) < 4.78 is 0. The maximum absolute atomic E-state index is 3.58. The molecule has 0 amide bonds. The highest BCUT2D eigenvalue weighted by molar-refractivity contribution is 4.77. The zero-order valence-corrected chi connectivity index (χ0v) is 14.7. The van der Waals surface area contributed by atoms with Crippen molar-refractivity contribution in [3.8, 4) is 0 Å². The van der Waals surface area contributed by atoms with Crippen molar-refractivity contribution < 1.29 is 0 Å². The average molecular weight is 296 g/mol. The van der Waals surface area contributed by atoms with Gasteiger partial charge in [-0.2, -0.15) is 0 Å². The zero-order chi connectivity index (χ0) is 15.1. The van der Waals surface area contributed by atoms with Crippen molar-refractivity contribution in [2.24, 2.45) is 5.92 Å². The highest BCUT2D eigenvalue weighted by Gasteiger charge is 2.22. The summed E-state index contributed by atoms with van der Waals surface area (Å²) in [4.78, 5) is 5.38. The number of hydrogen-bond acceptors (Lipinski definition) is 3. The topological polar surface area (TPSA) is 18.5 Å². The number of piperidine rings is 1. The highest BCUT2D eigenvalue weighted by atomic mass is 15.2. The van der Waals surface area contributed by atoms with Crippen LogP contribution in [0.5, 0.6) is 0 Å². The Bertz CT molecular complexity index is 271. The van der Waals surface area contributed by atoms with Gasteiger partial charge in [0, 0.05) is 12.1 Å². The standard InChI is InChI=1S/C18H37N3/c1-18(2,3)19-10-4-5-11-20-14-8-17(9-15-20)16-21-12-6-7-13-21/h17,19H,4-16H2,1-3H3. The number of nitrogens with zero attached hydrogens (tertiary/aromatic N) is 2. The summed E-state index contributed by atoms with van der Waals surface area (Å²) in [5.74, 6) is 0.974. The summed E-state index contributed by atoms with van der Waals surface area (Å²) in [6.45, 7) is 16.0. The quantitative estimate of drug-likeness (QED) is 0.729. The third-order valence-electron chi connectivity index (χ3n) is 4.98. The van der Waals surface area contributed by atoms with Crippen LogP contribution in [-0.4, -0.2) is 61.2 Å². The molecule has 2 aliphatic heterocycles. The fourth-order valence-corrected chi connectivity index (χ4v) is 3.65. The van der Waals surface area contributed by atoms with Gasteiger partial charge in [-0.15, -0.1) is 0 Å². The van der Waals surface area contributed by atoms with Gasteiger partial charge in [-0.05, 0) is 104 Å². The molecule has 0 bridgehead atoms. The Kier molecular flexibility index (Phi) is 6.97. The van der Waals surface area contributed by atoms with E-state index in [2.05, 4.69) is 35.9 Å². The summed E-state index contributed by atoms with van der Waals surface area (Å²) in [5, 5.41) is 3.58. The van der Waals surface area contributed by atoms with Gasteiger partial charge in [0.25, 0.3) is 0 Å². The van der Waals surface area contributed by atoms with Crippen LogP contribution in [0.25, 0.3) is 0 Å². The van der Waals surface area contributed by atoms with Gasteiger partial charge in [-0.25, -0.2) is 0 Å². The smallest absolute Gasteiger partial charge is 0.00965 e. The van der Waals surface area contributed by atoms with Crippen LogP contribution in [0.4, 0.5) is 0 Å². The monoisotopic (exact) mass is 295 g/mol. The van der Waals surface area contributed by atoms with E-state index < -0.39 is 0 Å². The van der Waals surface area contributed by atoms with Crippen molar-refractivity contribution in [3.63, 3.8) is 0 Å². The molecule has 21 heavy (non-hydrogen) atoms. The van der Waals surface area contributed by atoms with Crippen LogP contribution in [0, 0.1) is 5.92 Å². The predicted molar refractivity (Wildman–Crippen MR) is 91.8 cm³/mol. The van der Waals surface area contributed by atoms with E-state index in [0.717, 1.165) is 12.5 Å². The Labute approximate surface area is 132 Å². The maximum Gasteiger partial charge on any atom is 0.00965 e. The fraction of sp³-hybridized carbons (Fsp3) is 1.00. The largest absolute Gasteiger partial charge is 0.312 e. The van der Waals surface area contributed by atoms with Gasteiger partial charge in [0.1, 0.15) is 0 Å². The molecule has 3 nitrogen and oxygen atoms in total. The number of rotatable bonds is 7. The molecule has 1 N–H and O–H groups in total. The fourth-order valence-electron chi connectivity index (χ4n) is 3.65. The Morgan fingerprint density at radius 2 is 1.57 bits per heavy atom. The predicted octanol–water partition coefficient (Wildman–Crippen LogP) is 2.96. The van der Waals surface area contributed by atoms with E-state index in [4.69, 9.17) is 0 Å². The van der Waals surface area contributed by atoms with Crippen molar-refractivity contribution in [1.82, 2.24) is 15.1 Å². The number of hydrogen-bond donors (Lipinski definition) is 1. The summed E-state index contributed by atoms with van der Waals surface area (Å²) in [6, 6.07) is 0. The molecule has 0 spiro atoms. The Balaban J connectivity index is 1.49. The first-order chi connectivity index (χ1) is 10.0. The number of nitrogens with one attached hydrogen (secondary N) is 1. The van der Waals surface area contributed by atoms with Gasteiger partial charge in [0.2, 0.25) is 0 Å². The second-order valence-electron chi connectivity index (χ2n) is 8.18. The number of unbranched alkanes of at least 4 members (excludes halogenated alkanes) is 1. The third kappa shape index (κ3) is 7.12. The molecule has 124 valence electrons. The molecule has 0 radical (unpaired) electrons. The van der Waals surface area contributed by atoms with Gasteiger partial charge < -0.3 is 15.1 Å². The molecule has 2 saturated heterocycles. The van der Waals surface area contributed by atoms with Gasteiger partial charge in [-0.3, -0.25) is 0 Å². The minimum absolute atomic E-state index is 0.272. The van der Waals surface area contributed by atoms with E-state index in [1.165, 1.54) is 77.8 Å². The molecular formula is C18H37N3. The Morgan fingerprint density at radius 3 is 2.19 bits per heavy atom. The van der Waals surface area contributed by atoms with Crippen LogP contribution in [0.15, 0.2) is 0 Å². The van der Waals surface area contributed by atoms with E-state index in [9.17, 15) is 0 Å². The lowest BCUT2D eigenvalue weighted by Gasteiger charge is -2.34. The van der Waals surface area contributed by atoms with Crippen LogP contribution in [0.1, 0.15) is 59.3 Å². The molecular weight excluding hydrogens is 258 g/mol. The van der Waals surface area contributed by atoms with Gasteiger partial charge in [-0.1, -0.05) is 0 Å². The van der Waals surface area contributed by atoms with Crippen LogP contribution >= 0.6 is 0 Å². The Hall–Kier alpha value is -0.120. The van der Waals surface area contributed by atoms with Crippen molar-refractivity contribution in [2.45, 2.75) is 64.8 Å². The summed E-state index contributed by atoms with van der Waals surface area (Å²) in [6.07, 6.45) is 8.38. The first-order valence-electron chi connectivity index (χ1n) is 9.23. The van der Waals surface area contributed by atoms with Crippen LogP contribution in [-0.2, 0) is 0 Å². The molecule has 0 aliphatic carbocycles. The van der Waals surface area contributed by atoms with E-state index in [0.29, 0.717) is 0 Å². The first kappa shape index (κ1) is 17.2. The molecule has 0 aromatic carbocycles. The zero-order valence-electron chi connectivity index (χ0n) is 14.7. The molecule has 0 aromatic rings. The minimum Gasteiger partial charge on any atom is -0.312 e. The van der Waals surface area contributed by atoms with Crippen LogP contribution in [0.3, 0.4) is 0 Å². The third-order valence-corrected chi connectivity index (χ3v) is 4.98. The minimum atomic E-state index is 0.272. The second kappa shape index (κ2) is 8.50. The lowest BCUT2D eigenvalue weighted by molar-refractivity contribution is 0.152. The van der Waals surface area contributed by atoms with E-state index in [1.54, 1.807) is 0 Å². The highest BCUT2D eigenvalue weighted by Crippen LogP contribution is 2.20. The molecule has 0 aromatic heterocycles. The molecule has 2 rings (SSSR count). The molecule has 3 heteroatoms. The lowest BCUT2D eigenvalue weighted by atomic mass is 9.96. The van der Waals surface area contributed by atoms with Gasteiger partial charge in [0.05, 0.1) is 0 Å². The van der Waals surface area contributed by atoms with Crippen LogP contribution in [0.2, 0.25) is 0 Å². The van der Waals surface area contributed by atoms with Crippen molar-refractivity contribution in [2.75, 3.05) is 45.8 Å². The van der Waals surface area contributed by atoms with Crippen molar-refractivity contribution in [3.05, 3.63) is 0 Å². The lowest BCUT2D eigenvalue weighted by Crippen LogP contribution is -2.39. The van der Waals surface area contributed by atoms with Crippen molar-refractivity contribution in [1.29, 1.82) is 0 Å². The summed E-state index contributed by atoms with van der Waals surface area (Å²) >= 11 is 0. The SMILES string of the molecule is CC(C)(C)NCCCCN1CCC(CN2CCCC2)CC1. The van der Waals surface area contributed by atoms with Gasteiger partial charge in [0.15, 0.2) is 0 Å². The second-order valence-corrected chi connectivity index (χ2v) is 8.18. The normalized spacial score (nSPS) is 23.0. The molecule has 0 saturated carbocycles. The van der Waals surface area contributed by atoms with Gasteiger partial charge >= 0.3 is 0 Å². The summed E-state index contributed by atoms with van der Waals surface area (Å²) in [5.41, 5.74) is 0.272. The van der Waals surface area contributed by atoms with Crippen LogP contribution < -0.4 is 5.32 Å². The Morgan fingerprint density at radius 1 is 0.905 bits per heavy atom. The molecule has 2 aliphatic rings. The molecule has 2 fully saturated rings. The molecule has 0 unspecified atom stereocenters. The van der Waals surface area contributed by atoms with E-state index in [-0.39, 0.29) is 5.54 Å². The molecule has 0 atom stereocenters. The van der Waals surface area contributed by atoms with Crippen molar-refractivity contribution >= 4 is 0 Å². The average Bonchev–Trinajstić information content (AvgIpc) is 2.92. The maximum atomic E-state index is 3.58. The first-order valence-corrected chi connectivity index (χ1v) is 9.23.